The van der Waals surface area contributed by atoms with Crippen molar-refractivity contribution in [2.45, 2.75) is 51.2 Å². The summed E-state index contributed by atoms with van der Waals surface area (Å²) in [5.74, 6) is -2.81. The number of nitrogens with two attached hydrogens (primary N) is 3. The second-order valence-electron chi connectivity index (χ2n) is 7.35. The third-order valence-electron chi connectivity index (χ3n) is 3.88. The van der Waals surface area contributed by atoms with E-state index in [4.69, 9.17) is 27.0 Å². The number of carbonyl (C=O) groups excluding carboxylic acids is 2. The molecule has 0 aliphatic carbocycles. The highest BCUT2D eigenvalue weighted by Crippen LogP contribution is 2.33. The minimum atomic E-state index is -4.37. The molecule has 0 aromatic rings. The summed E-state index contributed by atoms with van der Waals surface area (Å²) in [4.78, 5) is 57.8. The van der Waals surface area contributed by atoms with Crippen LogP contribution in [-0.4, -0.2) is 69.5 Å². The molecule has 0 rings (SSSR count). The minimum absolute atomic E-state index is 0.0985. The maximum absolute atomic E-state index is 12.6. The Labute approximate surface area is 180 Å². The molecule has 0 aliphatic heterocycles. The molecule has 0 bridgehead atoms. The number of guanidine groups is 1. The standard InChI is InChI=1S/C17H33N6O7P/c1-10(2)9-11(18)14(24)22-12(5-3-7-21-17(19)20)15(25)23-13(16(26)27)6-4-8-31(28,29)30/h4,6,10-13H,3,5,7-9,18H2,1-2H3,(H,22,24)(H,23,25)(H,26,27)(H4,19,20,21)(H2,28,29,30)/b6-4-/t11-,12+,13+/m0/s1. The maximum Gasteiger partial charge on any atom is 0.330 e. The molecule has 0 aliphatic rings. The predicted octanol–water partition coefficient (Wildman–Crippen LogP) is -1.80. The smallest absolute Gasteiger partial charge is 0.330 e. The lowest BCUT2D eigenvalue weighted by molar-refractivity contribution is -0.140. The molecule has 14 heteroatoms. The molecule has 0 saturated heterocycles. The van der Waals surface area contributed by atoms with Crippen LogP contribution < -0.4 is 27.8 Å². The molecule has 0 radical (unpaired) electrons. The number of hydrogen-bond donors (Lipinski definition) is 8. The summed E-state index contributed by atoms with van der Waals surface area (Å²) in [7, 11) is -4.37. The van der Waals surface area contributed by atoms with Gasteiger partial charge in [-0.1, -0.05) is 26.0 Å². The van der Waals surface area contributed by atoms with Gasteiger partial charge in [0, 0.05) is 6.54 Å². The molecule has 0 heterocycles. The fraction of sp³-hybridized carbons (Fsp3) is 0.647. The maximum atomic E-state index is 12.6. The van der Waals surface area contributed by atoms with E-state index in [9.17, 15) is 24.1 Å². The number of nitrogens with zero attached hydrogens (tertiary/aromatic N) is 1. The summed E-state index contributed by atoms with van der Waals surface area (Å²) in [6, 6.07) is -3.52. The van der Waals surface area contributed by atoms with Gasteiger partial charge < -0.3 is 42.7 Å². The van der Waals surface area contributed by atoms with Crippen LogP contribution in [0.4, 0.5) is 0 Å². The van der Waals surface area contributed by atoms with Gasteiger partial charge in [0.15, 0.2) is 5.96 Å². The molecule has 178 valence electrons. The van der Waals surface area contributed by atoms with Crippen LogP contribution in [0, 0.1) is 5.92 Å². The number of carboxylic acid groups (broad SMARTS) is 1. The molecule has 0 aromatic carbocycles. The topological polar surface area (TPSA) is 243 Å². The first-order valence-corrected chi connectivity index (χ1v) is 11.4. The fourth-order valence-corrected chi connectivity index (χ4v) is 2.84. The Balaban J connectivity index is 5.29. The van der Waals surface area contributed by atoms with Crippen LogP contribution in [0.25, 0.3) is 0 Å². The summed E-state index contributed by atoms with van der Waals surface area (Å²) < 4.78 is 10.9. The number of carboxylic acids is 1. The first-order valence-electron chi connectivity index (χ1n) is 9.58. The third kappa shape index (κ3) is 14.2. The molecule has 0 spiro atoms. The van der Waals surface area contributed by atoms with Gasteiger partial charge in [-0.2, -0.15) is 0 Å². The highest BCUT2D eigenvalue weighted by molar-refractivity contribution is 7.51. The Morgan fingerprint density at radius 2 is 1.74 bits per heavy atom. The van der Waals surface area contributed by atoms with Gasteiger partial charge >= 0.3 is 13.6 Å². The van der Waals surface area contributed by atoms with Crippen LogP contribution in [0.1, 0.15) is 33.1 Å². The Hall–Kier alpha value is -2.47. The SMILES string of the molecule is CC(C)C[C@H](N)C(=O)N[C@H](CCCN=C(N)N)C(=O)N[C@H](/C=C\CP(=O)(O)O)C(=O)O. The third-order valence-corrected chi connectivity index (χ3v) is 4.56. The number of allylic oxidation sites excluding steroid dienone is 1. The second kappa shape index (κ2) is 13.8. The molecule has 3 atom stereocenters. The molecule has 13 nitrogen and oxygen atoms in total. The Morgan fingerprint density at radius 3 is 2.23 bits per heavy atom. The number of nitrogens with one attached hydrogen (secondary N) is 2. The van der Waals surface area contributed by atoms with Gasteiger partial charge in [-0.05, 0) is 25.2 Å². The van der Waals surface area contributed by atoms with Crippen molar-refractivity contribution in [2.75, 3.05) is 12.7 Å². The van der Waals surface area contributed by atoms with Crippen molar-refractivity contribution in [3.63, 3.8) is 0 Å². The molecular weight excluding hydrogens is 431 g/mol. The summed E-state index contributed by atoms with van der Waals surface area (Å²) in [6.45, 7) is 3.95. The van der Waals surface area contributed by atoms with Gasteiger partial charge in [-0.15, -0.1) is 0 Å². The van der Waals surface area contributed by atoms with Crippen molar-refractivity contribution in [1.29, 1.82) is 0 Å². The van der Waals surface area contributed by atoms with Crippen molar-refractivity contribution in [2.24, 2.45) is 28.1 Å². The zero-order valence-corrected chi connectivity index (χ0v) is 18.5. The van der Waals surface area contributed by atoms with Crippen molar-refractivity contribution in [3.05, 3.63) is 12.2 Å². The number of carbonyl (C=O) groups is 3. The number of aliphatic carboxylic acids is 1. The monoisotopic (exact) mass is 464 g/mol. The van der Waals surface area contributed by atoms with Crippen LogP contribution >= 0.6 is 7.60 Å². The van der Waals surface area contributed by atoms with E-state index in [0.29, 0.717) is 12.8 Å². The second-order valence-corrected chi connectivity index (χ2v) is 9.04. The van der Waals surface area contributed by atoms with Crippen molar-refractivity contribution < 1.29 is 33.8 Å². The average Bonchev–Trinajstić information content (AvgIpc) is 2.61. The van der Waals surface area contributed by atoms with E-state index in [1.54, 1.807) is 0 Å². The number of amides is 2. The van der Waals surface area contributed by atoms with Gasteiger partial charge in [0.25, 0.3) is 0 Å². The normalized spacial score (nSPS) is 14.6. The van der Waals surface area contributed by atoms with Crippen LogP contribution in [0.15, 0.2) is 17.1 Å². The zero-order valence-electron chi connectivity index (χ0n) is 17.6. The molecule has 0 saturated carbocycles. The van der Waals surface area contributed by atoms with E-state index in [0.717, 1.165) is 12.2 Å². The Bertz CT molecular complexity index is 718. The van der Waals surface area contributed by atoms with Gasteiger partial charge in [-0.3, -0.25) is 19.1 Å². The van der Waals surface area contributed by atoms with E-state index < -0.39 is 49.7 Å². The molecule has 0 unspecified atom stereocenters. The molecule has 0 aromatic heterocycles. The van der Waals surface area contributed by atoms with Gasteiger partial charge in [0.1, 0.15) is 12.1 Å². The Kier molecular flexibility index (Phi) is 12.7. The van der Waals surface area contributed by atoms with E-state index in [2.05, 4.69) is 15.6 Å². The molecular formula is C17H33N6O7P. The first kappa shape index (κ1) is 28.5. The summed E-state index contributed by atoms with van der Waals surface area (Å²) in [6.07, 6.45) is 2.02. The highest BCUT2D eigenvalue weighted by Gasteiger charge is 2.27. The molecule has 11 N–H and O–H groups in total. The lowest BCUT2D eigenvalue weighted by Crippen LogP contribution is -2.54. The van der Waals surface area contributed by atoms with E-state index in [1.165, 1.54) is 0 Å². The Morgan fingerprint density at radius 1 is 1.13 bits per heavy atom. The number of aliphatic imine (C=N–C) groups is 1. The van der Waals surface area contributed by atoms with Gasteiger partial charge in [-0.25, -0.2) is 4.79 Å². The quantitative estimate of drug-likeness (QED) is 0.0471. The van der Waals surface area contributed by atoms with E-state index in [-0.39, 0.29) is 24.8 Å². The van der Waals surface area contributed by atoms with Crippen LogP contribution in [0.5, 0.6) is 0 Å². The fourth-order valence-electron chi connectivity index (χ4n) is 2.45. The average molecular weight is 464 g/mol. The lowest BCUT2D eigenvalue weighted by Gasteiger charge is -2.22. The van der Waals surface area contributed by atoms with Crippen LogP contribution in [-0.2, 0) is 18.9 Å². The predicted molar refractivity (Wildman–Crippen MR) is 115 cm³/mol. The molecule has 31 heavy (non-hydrogen) atoms. The molecule has 2 amide bonds. The summed E-state index contributed by atoms with van der Waals surface area (Å²) in [5.41, 5.74) is 16.3. The van der Waals surface area contributed by atoms with Crippen molar-refractivity contribution >= 4 is 31.3 Å². The van der Waals surface area contributed by atoms with Gasteiger partial charge in [0.05, 0.1) is 12.2 Å². The summed E-state index contributed by atoms with van der Waals surface area (Å²) in [5, 5.41) is 14.0. The summed E-state index contributed by atoms with van der Waals surface area (Å²) >= 11 is 0. The van der Waals surface area contributed by atoms with Crippen LogP contribution in [0.3, 0.4) is 0 Å². The van der Waals surface area contributed by atoms with Crippen molar-refractivity contribution in [1.82, 2.24) is 10.6 Å². The van der Waals surface area contributed by atoms with Crippen LogP contribution in [0.2, 0.25) is 0 Å². The molecule has 0 fully saturated rings. The number of rotatable bonds is 14. The van der Waals surface area contributed by atoms with E-state index >= 15 is 0 Å². The van der Waals surface area contributed by atoms with Gasteiger partial charge in [0.2, 0.25) is 11.8 Å². The highest BCUT2D eigenvalue weighted by atomic mass is 31.2. The minimum Gasteiger partial charge on any atom is -0.479 e. The first-order chi connectivity index (χ1) is 14.2. The largest absolute Gasteiger partial charge is 0.479 e. The number of hydrogen-bond acceptors (Lipinski definition) is 6. The zero-order chi connectivity index (χ0) is 24.2. The lowest BCUT2D eigenvalue weighted by atomic mass is 10.0. The van der Waals surface area contributed by atoms with E-state index in [1.807, 2.05) is 13.8 Å². The van der Waals surface area contributed by atoms with Crippen molar-refractivity contribution in [3.8, 4) is 0 Å².